The van der Waals surface area contributed by atoms with Crippen LogP contribution in [0.15, 0.2) is 29.4 Å². The average molecular weight is 341 g/mol. The van der Waals surface area contributed by atoms with Crippen LogP contribution in [0.3, 0.4) is 0 Å². The Balaban J connectivity index is 2.17. The Bertz CT molecular complexity index is 722. The maximum atomic E-state index is 13.5. The maximum Gasteiger partial charge on any atom is 0.254 e. The maximum absolute atomic E-state index is 13.5. The summed E-state index contributed by atoms with van der Waals surface area (Å²) >= 11 is 0. The van der Waals surface area contributed by atoms with Crippen LogP contribution in [0.4, 0.5) is 23.2 Å². The van der Waals surface area contributed by atoms with E-state index in [1.165, 1.54) is 0 Å². The smallest absolute Gasteiger partial charge is 0.254 e. The van der Waals surface area contributed by atoms with Crippen molar-refractivity contribution in [1.29, 1.82) is 0 Å². The van der Waals surface area contributed by atoms with Gasteiger partial charge in [0.05, 0.1) is 12.3 Å². The number of nitrogens with one attached hydrogen (secondary N) is 1. The Morgan fingerprint density at radius 3 is 2.21 bits per heavy atom. The summed E-state index contributed by atoms with van der Waals surface area (Å²) < 4.78 is 58.4. The standard InChI is InChI=1S/C16H15F4N3O/c1-3-8-24-11-6-4-10(5-7-11)9(2)22-23-14-12(17)15(19)21-16(20)13(14)18/h4-7H,3,8H2,1-2H3,(H,21,23)/b22-9-. The van der Waals surface area contributed by atoms with Crippen molar-refractivity contribution in [3.8, 4) is 5.75 Å². The molecule has 2 aromatic rings. The molecule has 24 heavy (non-hydrogen) atoms. The van der Waals surface area contributed by atoms with Gasteiger partial charge in [-0.15, -0.1) is 0 Å². The summed E-state index contributed by atoms with van der Waals surface area (Å²) in [6.45, 7) is 4.14. The van der Waals surface area contributed by atoms with Crippen LogP contribution >= 0.6 is 0 Å². The molecule has 0 atom stereocenters. The molecule has 0 saturated carbocycles. The summed E-state index contributed by atoms with van der Waals surface area (Å²) in [5.41, 5.74) is 1.95. The van der Waals surface area contributed by atoms with Crippen molar-refractivity contribution >= 4 is 11.4 Å². The first kappa shape index (κ1) is 17.7. The van der Waals surface area contributed by atoms with E-state index in [4.69, 9.17) is 4.74 Å². The van der Waals surface area contributed by atoms with E-state index in [1.54, 1.807) is 31.2 Å². The molecule has 0 aliphatic heterocycles. The largest absolute Gasteiger partial charge is 0.494 e. The molecule has 1 heterocycles. The fourth-order valence-electron chi connectivity index (χ4n) is 1.80. The number of hydrogen-bond acceptors (Lipinski definition) is 4. The molecule has 0 radical (unpaired) electrons. The lowest BCUT2D eigenvalue weighted by atomic mass is 10.1. The van der Waals surface area contributed by atoms with Crippen molar-refractivity contribution < 1.29 is 22.3 Å². The third-order valence-electron chi connectivity index (χ3n) is 3.08. The molecule has 0 bridgehead atoms. The second kappa shape index (κ2) is 7.76. The van der Waals surface area contributed by atoms with Gasteiger partial charge in [-0.1, -0.05) is 6.92 Å². The van der Waals surface area contributed by atoms with Crippen LogP contribution in [0.5, 0.6) is 5.75 Å². The fraction of sp³-hybridized carbons (Fsp3) is 0.250. The van der Waals surface area contributed by atoms with Crippen LogP contribution < -0.4 is 10.2 Å². The molecule has 0 fully saturated rings. The highest BCUT2D eigenvalue weighted by atomic mass is 19.2. The fourth-order valence-corrected chi connectivity index (χ4v) is 1.80. The Kier molecular flexibility index (Phi) is 5.73. The number of aromatic nitrogens is 1. The molecule has 4 nitrogen and oxygen atoms in total. The van der Waals surface area contributed by atoms with Gasteiger partial charge in [0.25, 0.3) is 11.9 Å². The first-order valence-corrected chi connectivity index (χ1v) is 7.17. The molecule has 128 valence electrons. The summed E-state index contributed by atoms with van der Waals surface area (Å²) in [6, 6.07) is 6.84. The van der Waals surface area contributed by atoms with Crippen LogP contribution in [0.25, 0.3) is 0 Å². The van der Waals surface area contributed by atoms with E-state index in [0.717, 1.165) is 6.42 Å². The number of anilines is 1. The number of pyridine rings is 1. The SMILES string of the molecule is CCCOc1ccc(/C(C)=N\Nc2c(F)c(F)nc(F)c2F)cc1. The van der Waals surface area contributed by atoms with E-state index in [1.807, 2.05) is 12.3 Å². The topological polar surface area (TPSA) is 46.5 Å². The molecule has 0 saturated heterocycles. The van der Waals surface area contributed by atoms with Gasteiger partial charge in [0.15, 0.2) is 0 Å². The molecule has 0 amide bonds. The lowest BCUT2D eigenvalue weighted by molar-refractivity contribution is 0.317. The Morgan fingerprint density at radius 2 is 1.67 bits per heavy atom. The number of hydrogen-bond donors (Lipinski definition) is 1. The van der Waals surface area contributed by atoms with Crippen LogP contribution in [-0.2, 0) is 0 Å². The lowest BCUT2D eigenvalue weighted by Crippen LogP contribution is -2.07. The molecule has 0 aliphatic carbocycles. The van der Waals surface area contributed by atoms with Crippen LogP contribution in [0.1, 0.15) is 25.8 Å². The quantitative estimate of drug-likeness (QED) is 0.370. The number of rotatable bonds is 6. The molecule has 2 rings (SSSR count). The molecule has 0 aliphatic rings. The molecule has 0 spiro atoms. The van der Waals surface area contributed by atoms with Crippen LogP contribution in [0.2, 0.25) is 0 Å². The molecule has 1 N–H and O–H groups in total. The Morgan fingerprint density at radius 1 is 1.08 bits per heavy atom. The summed E-state index contributed by atoms with van der Waals surface area (Å²) in [5.74, 6) is -6.11. The predicted molar refractivity (Wildman–Crippen MR) is 82.1 cm³/mol. The number of halogens is 4. The molecule has 1 aromatic heterocycles. The van der Waals surface area contributed by atoms with Gasteiger partial charge in [-0.25, -0.2) is 0 Å². The molecule has 1 aromatic carbocycles. The van der Waals surface area contributed by atoms with Crippen molar-refractivity contribution in [1.82, 2.24) is 4.98 Å². The zero-order chi connectivity index (χ0) is 17.7. The van der Waals surface area contributed by atoms with Crippen LogP contribution in [-0.4, -0.2) is 17.3 Å². The molecule has 0 unspecified atom stereocenters. The van der Waals surface area contributed by atoms with E-state index >= 15 is 0 Å². The Labute approximate surface area is 136 Å². The van der Waals surface area contributed by atoms with Gasteiger partial charge in [-0.3, -0.25) is 5.43 Å². The molecular weight excluding hydrogens is 326 g/mol. The highest BCUT2D eigenvalue weighted by Gasteiger charge is 2.20. The zero-order valence-corrected chi connectivity index (χ0v) is 13.0. The summed E-state index contributed by atoms with van der Waals surface area (Å²) in [5, 5.41) is 3.75. The second-order valence-corrected chi connectivity index (χ2v) is 4.88. The van der Waals surface area contributed by atoms with E-state index in [-0.39, 0.29) is 0 Å². The number of benzene rings is 1. The summed E-state index contributed by atoms with van der Waals surface area (Å²) in [7, 11) is 0. The van der Waals surface area contributed by atoms with Crippen molar-refractivity contribution in [2.45, 2.75) is 20.3 Å². The van der Waals surface area contributed by atoms with Gasteiger partial charge in [-0.05, 0) is 43.2 Å². The lowest BCUT2D eigenvalue weighted by Gasteiger charge is -2.08. The third kappa shape index (κ3) is 4.01. The first-order chi connectivity index (χ1) is 11.4. The van der Waals surface area contributed by atoms with Crippen molar-refractivity contribution in [2.24, 2.45) is 5.10 Å². The number of ether oxygens (including phenoxy) is 1. The van der Waals surface area contributed by atoms with Crippen LogP contribution in [0, 0.1) is 23.5 Å². The third-order valence-corrected chi connectivity index (χ3v) is 3.08. The summed E-state index contributed by atoms with van der Waals surface area (Å²) in [4.78, 5) is 2.47. The average Bonchev–Trinajstić information content (AvgIpc) is 2.58. The first-order valence-electron chi connectivity index (χ1n) is 7.17. The van der Waals surface area contributed by atoms with Crippen molar-refractivity contribution in [3.63, 3.8) is 0 Å². The van der Waals surface area contributed by atoms with E-state index < -0.39 is 29.2 Å². The van der Waals surface area contributed by atoms with Crippen molar-refractivity contribution in [2.75, 3.05) is 12.0 Å². The summed E-state index contributed by atoms with van der Waals surface area (Å²) in [6.07, 6.45) is 0.877. The minimum Gasteiger partial charge on any atom is -0.494 e. The number of nitrogens with zero attached hydrogens (tertiary/aromatic N) is 2. The normalized spacial score (nSPS) is 11.5. The van der Waals surface area contributed by atoms with E-state index in [2.05, 4.69) is 10.1 Å². The van der Waals surface area contributed by atoms with E-state index in [9.17, 15) is 17.6 Å². The highest BCUT2D eigenvalue weighted by molar-refractivity contribution is 5.99. The monoisotopic (exact) mass is 341 g/mol. The van der Waals surface area contributed by atoms with Crippen molar-refractivity contribution in [3.05, 3.63) is 53.4 Å². The minimum atomic E-state index is -1.75. The number of hydrazone groups is 1. The molecule has 8 heteroatoms. The van der Waals surface area contributed by atoms with Gasteiger partial charge in [-0.2, -0.15) is 27.6 Å². The molecular formula is C16H15F4N3O. The van der Waals surface area contributed by atoms with Gasteiger partial charge >= 0.3 is 0 Å². The van der Waals surface area contributed by atoms with Gasteiger partial charge in [0, 0.05) is 0 Å². The zero-order valence-electron chi connectivity index (χ0n) is 13.0. The van der Waals surface area contributed by atoms with Gasteiger partial charge in [0.1, 0.15) is 11.4 Å². The Hall–Kier alpha value is -2.64. The van der Waals surface area contributed by atoms with Gasteiger partial charge in [0.2, 0.25) is 11.6 Å². The van der Waals surface area contributed by atoms with Gasteiger partial charge < -0.3 is 4.74 Å². The minimum absolute atomic E-state index is 0.355. The highest BCUT2D eigenvalue weighted by Crippen LogP contribution is 2.22. The second-order valence-electron chi connectivity index (χ2n) is 4.88. The predicted octanol–water partition coefficient (Wildman–Crippen LogP) is 4.26. The van der Waals surface area contributed by atoms with E-state index in [0.29, 0.717) is 23.6 Å².